The molecule has 6 nitrogen and oxygen atoms in total. The van der Waals surface area contributed by atoms with Gasteiger partial charge in [0, 0.05) is 6.54 Å². The monoisotopic (exact) mass is 316 g/mol. The summed E-state index contributed by atoms with van der Waals surface area (Å²) < 4.78 is 23.6. The van der Waals surface area contributed by atoms with Crippen LogP contribution < -0.4 is 5.32 Å². The second kappa shape index (κ2) is 4.97. The third-order valence-electron chi connectivity index (χ3n) is 4.61. The van der Waals surface area contributed by atoms with E-state index in [0.717, 1.165) is 12.8 Å². The van der Waals surface area contributed by atoms with Crippen molar-refractivity contribution in [2.75, 3.05) is 18.8 Å². The van der Waals surface area contributed by atoms with Gasteiger partial charge in [0.15, 0.2) is 9.84 Å². The molecule has 120 valence electrons. The van der Waals surface area contributed by atoms with E-state index in [1.165, 1.54) is 4.90 Å². The van der Waals surface area contributed by atoms with Crippen LogP contribution in [0.2, 0.25) is 0 Å². The highest BCUT2D eigenvalue weighted by atomic mass is 32.2. The van der Waals surface area contributed by atoms with Gasteiger partial charge >= 0.3 is 0 Å². The zero-order valence-electron chi connectivity index (χ0n) is 13.1. The van der Waals surface area contributed by atoms with E-state index in [1.807, 2.05) is 0 Å². The van der Waals surface area contributed by atoms with Crippen molar-refractivity contribution in [3.63, 3.8) is 0 Å². The molecular formula is C14H24N2O4S. The second-order valence-electron chi connectivity index (χ2n) is 7.08. The van der Waals surface area contributed by atoms with E-state index in [4.69, 9.17) is 0 Å². The van der Waals surface area contributed by atoms with E-state index in [9.17, 15) is 18.0 Å². The fourth-order valence-corrected chi connectivity index (χ4v) is 3.77. The Kier molecular flexibility index (Phi) is 3.85. The lowest BCUT2D eigenvalue weighted by Crippen LogP contribution is -2.67. The van der Waals surface area contributed by atoms with Crippen LogP contribution in [0.3, 0.4) is 0 Å². The van der Waals surface area contributed by atoms with Gasteiger partial charge in [-0.3, -0.25) is 9.59 Å². The molecule has 1 aliphatic heterocycles. The van der Waals surface area contributed by atoms with Crippen LogP contribution in [0.1, 0.15) is 40.5 Å². The van der Waals surface area contributed by atoms with E-state index in [-0.39, 0.29) is 36.6 Å². The van der Waals surface area contributed by atoms with Crippen LogP contribution in [0, 0.1) is 5.92 Å². The minimum atomic E-state index is -3.32. The lowest BCUT2D eigenvalue weighted by Gasteiger charge is -2.44. The predicted octanol–water partition coefficient (Wildman–Crippen LogP) is 0.327. The number of amides is 2. The smallest absolute Gasteiger partial charge is 0.246 e. The molecule has 0 aromatic carbocycles. The first-order chi connectivity index (χ1) is 9.50. The molecule has 2 aliphatic rings. The number of nitrogens with one attached hydrogen (secondary N) is 1. The number of sulfone groups is 1. The highest BCUT2D eigenvalue weighted by Gasteiger charge is 2.55. The van der Waals surface area contributed by atoms with Crippen LogP contribution >= 0.6 is 0 Å². The summed E-state index contributed by atoms with van der Waals surface area (Å²) in [4.78, 5) is 25.9. The van der Waals surface area contributed by atoms with Crippen molar-refractivity contribution in [2.24, 2.45) is 5.92 Å². The Hall–Kier alpha value is -1.11. The Morgan fingerprint density at radius 2 is 1.86 bits per heavy atom. The van der Waals surface area contributed by atoms with Crippen LogP contribution in [0.5, 0.6) is 0 Å². The number of piperazine rings is 1. The van der Waals surface area contributed by atoms with E-state index >= 15 is 0 Å². The molecule has 2 fully saturated rings. The Bertz CT molecular complexity index is 560. The maximum atomic E-state index is 12.2. The Labute approximate surface area is 126 Å². The first-order valence-electron chi connectivity index (χ1n) is 7.31. The lowest BCUT2D eigenvalue weighted by atomic mass is 9.90. The van der Waals surface area contributed by atoms with E-state index in [1.54, 1.807) is 27.7 Å². The highest BCUT2D eigenvalue weighted by molar-refractivity contribution is 7.92. The van der Waals surface area contributed by atoms with Gasteiger partial charge in [-0.2, -0.15) is 0 Å². The Balaban J connectivity index is 2.20. The van der Waals surface area contributed by atoms with Gasteiger partial charge in [-0.1, -0.05) is 0 Å². The van der Waals surface area contributed by atoms with Crippen molar-refractivity contribution in [1.29, 1.82) is 0 Å². The SMILES string of the molecule is CC1(C2CC2)C(=O)NCC(=O)N1CCS(=O)(=O)C(C)(C)C. The molecule has 0 bridgehead atoms. The van der Waals surface area contributed by atoms with Gasteiger partial charge < -0.3 is 10.2 Å². The zero-order valence-corrected chi connectivity index (χ0v) is 13.9. The molecule has 0 aromatic heterocycles. The molecule has 0 spiro atoms. The van der Waals surface area contributed by atoms with Gasteiger partial charge in [-0.05, 0) is 46.5 Å². The van der Waals surface area contributed by atoms with E-state index in [2.05, 4.69) is 5.32 Å². The molecule has 1 N–H and O–H groups in total. The normalized spacial score (nSPS) is 27.7. The molecule has 0 radical (unpaired) electrons. The van der Waals surface area contributed by atoms with Crippen molar-refractivity contribution in [2.45, 2.75) is 50.8 Å². The fraction of sp³-hybridized carbons (Fsp3) is 0.857. The number of rotatable bonds is 4. The van der Waals surface area contributed by atoms with Crippen molar-refractivity contribution >= 4 is 21.7 Å². The first kappa shape index (κ1) is 16.3. The van der Waals surface area contributed by atoms with Gasteiger partial charge in [0.05, 0.1) is 17.0 Å². The molecule has 1 heterocycles. The fourth-order valence-electron chi connectivity index (χ4n) is 2.74. The molecule has 2 rings (SSSR count). The van der Waals surface area contributed by atoms with Crippen LogP contribution in [0.4, 0.5) is 0 Å². The third kappa shape index (κ3) is 2.80. The van der Waals surface area contributed by atoms with Gasteiger partial charge in [0.25, 0.3) is 0 Å². The minimum Gasteiger partial charge on any atom is -0.345 e. The van der Waals surface area contributed by atoms with Crippen LogP contribution in [0.15, 0.2) is 0 Å². The van der Waals surface area contributed by atoms with Crippen molar-refractivity contribution in [3.05, 3.63) is 0 Å². The van der Waals surface area contributed by atoms with Crippen molar-refractivity contribution in [1.82, 2.24) is 10.2 Å². The molecule has 1 saturated heterocycles. The van der Waals surface area contributed by atoms with Gasteiger partial charge in [-0.25, -0.2) is 8.42 Å². The van der Waals surface area contributed by atoms with E-state index < -0.39 is 20.1 Å². The average Bonchev–Trinajstić information content (AvgIpc) is 3.17. The van der Waals surface area contributed by atoms with E-state index in [0.29, 0.717) is 0 Å². The Morgan fingerprint density at radius 1 is 1.29 bits per heavy atom. The highest BCUT2D eigenvalue weighted by Crippen LogP contribution is 2.44. The maximum Gasteiger partial charge on any atom is 0.246 e. The number of hydrogen-bond acceptors (Lipinski definition) is 4. The second-order valence-corrected chi connectivity index (χ2v) is 9.94. The van der Waals surface area contributed by atoms with Crippen molar-refractivity contribution < 1.29 is 18.0 Å². The van der Waals surface area contributed by atoms with Crippen LogP contribution in [-0.4, -0.2) is 54.3 Å². The van der Waals surface area contributed by atoms with Gasteiger partial charge in [0.2, 0.25) is 11.8 Å². The lowest BCUT2D eigenvalue weighted by molar-refractivity contribution is -0.153. The summed E-state index contributed by atoms with van der Waals surface area (Å²) >= 11 is 0. The summed E-state index contributed by atoms with van der Waals surface area (Å²) in [5.74, 6) is -0.345. The zero-order chi connectivity index (χ0) is 16.1. The summed E-state index contributed by atoms with van der Waals surface area (Å²) in [6.45, 7) is 6.73. The molecular weight excluding hydrogens is 292 g/mol. The number of carbonyl (C=O) groups is 2. The molecule has 1 aliphatic carbocycles. The third-order valence-corrected chi connectivity index (χ3v) is 7.20. The standard InChI is InChI=1S/C14H24N2O4S/c1-13(2,3)21(19,20)8-7-16-11(17)9-15-12(18)14(16,4)10-5-6-10/h10H,5-9H2,1-4H3,(H,15,18). The van der Waals surface area contributed by atoms with Crippen molar-refractivity contribution in [3.8, 4) is 0 Å². The molecule has 1 unspecified atom stereocenters. The summed E-state index contributed by atoms with van der Waals surface area (Å²) in [6.07, 6.45) is 1.81. The van der Waals surface area contributed by atoms with Crippen LogP contribution in [-0.2, 0) is 19.4 Å². The Morgan fingerprint density at radius 3 is 2.33 bits per heavy atom. The molecule has 7 heteroatoms. The minimum absolute atomic E-state index is 0.0449. The average molecular weight is 316 g/mol. The molecule has 1 atom stereocenters. The molecule has 2 amide bonds. The van der Waals surface area contributed by atoms with Crippen LogP contribution in [0.25, 0.3) is 0 Å². The summed E-state index contributed by atoms with van der Waals surface area (Å²) in [5, 5.41) is 2.62. The van der Waals surface area contributed by atoms with Gasteiger partial charge in [-0.15, -0.1) is 0 Å². The predicted molar refractivity (Wildman–Crippen MR) is 79.4 cm³/mol. The summed E-state index contributed by atoms with van der Waals surface area (Å²) in [5.41, 5.74) is -0.900. The number of nitrogens with zero attached hydrogens (tertiary/aromatic N) is 1. The molecule has 0 aromatic rings. The number of carbonyl (C=O) groups excluding carboxylic acids is 2. The first-order valence-corrected chi connectivity index (χ1v) is 8.96. The molecule has 21 heavy (non-hydrogen) atoms. The number of hydrogen-bond donors (Lipinski definition) is 1. The summed E-state index contributed by atoms with van der Waals surface area (Å²) in [6, 6.07) is 0. The molecule has 1 saturated carbocycles. The maximum absolute atomic E-state index is 12.2. The quantitative estimate of drug-likeness (QED) is 0.810. The van der Waals surface area contributed by atoms with Gasteiger partial charge in [0.1, 0.15) is 5.54 Å². The summed E-state index contributed by atoms with van der Waals surface area (Å²) in [7, 11) is -3.32. The largest absolute Gasteiger partial charge is 0.345 e. The topological polar surface area (TPSA) is 83.6 Å².